The van der Waals surface area contributed by atoms with Crippen molar-refractivity contribution in [2.45, 2.75) is 33.8 Å². The molecule has 82 valence electrons. The Hall–Kier alpha value is -1.15. The van der Waals surface area contributed by atoms with Crippen molar-refractivity contribution in [1.29, 1.82) is 0 Å². The molecule has 0 bridgehead atoms. The van der Waals surface area contributed by atoms with Gasteiger partial charge in [0.15, 0.2) is 5.78 Å². The maximum absolute atomic E-state index is 11.9. The molecule has 1 rings (SSSR count). The first-order chi connectivity index (χ1) is 6.91. The zero-order valence-corrected chi connectivity index (χ0v) is 9.74. The normalized spacial score (nSPS) is 25.0. The summed E-state index contributed by atoms with van der Waals surface area (Å²) in [5.41, 5.74) is 1.14. The highest BCUT2D eigenvalue weighted by Gasteiger charge is 2.36. The third-order valence-electron chi connectivity index (χ3n) is 2.87. The average Bonchev–Trinajstić information content (AvgIpc) is 2.12. The molecule has 2 heteroatoms. The lowest BCUT2D eigenvalue weighted by Gasteiger charge is -2.34. The Morgan fingerprint density at radius 3 is 2.67 bits per heavy atom. The monoisotopic (exact) mass is 206 g/mol. The van der Waals surface area contributed by atoms with E-state index < -0.39 is 11.5 Å². The molecule has 1 atom stereocenters. The lowest BCUT2D eigenvalue weighted by Crippen LogP contribution is -2.35. The number of aliphatic hydroxyl groups is 1. The highest BCUT2D eigenvalue weighted by Crippen LogP contribution is 2.37. The van der Waals surface area contributed by atoms with E-state index in [2.05, 4.69) is 0 Å². The minimum Gasteiger partial charge on any atom is -0.388 e. The molecule has 0 saturated carbocycles. The van der Waals surface area contributed by atoms with Crippen molar-refractivity contribution in [3.05, 3.63) is 35.5 Å². The standard InChI is InChI=1S/C13H18O2/c1-5-6-10(14)12-9(2)7-8-11(15)13(12,3)4/h5-8,11,15H,1-4H3/b6-5+. The largest absolute Gasteiger partial charge is 0.388 e. The highest BCUT2D eigenvalue weighted by molar-refractivity contribution is 6.06. The van der Waals surface area contributed by atoms with Crippen LogP contribution in [0, 0.1) is 5.41 Å². The molecular weight excluding hydrogens is 188 g/mol. The van der Waals surface area contributed by atoms with Crippen LogP contribution in [0.15, 0.2) is 35.5 Å². The van der Waals surface area contributed by atoms with E-state index in [9.17, 15) is 9.90 Å². The summed E-state index contributed by atoms with van der Waals surface area (Å²) in [4.78, 5) is 11.9. The lowest BCUT2D eigenvalue weighted by atomic mass is 9.72. The quantitative estimate of drug-likeness (QED) is 0.704. The van der Waals surface area contributed by atoms with Crippen LogP contribution in [0.3, 0.4) is 0 Å². The van der Waals surface area contributed by atoms with E-state index in [1.165, 1.54) is 0 Å². The smallest absolute Gasteiger partial charge is 0.182 e. The van der Waals surface area contributed by atoms with Gasteiger partial charge in [-0.15, -0.1) is 0 Å². The van der Waals surface area contributed by atoms with E-state index in [1.54, 1.807) is 18.2 Å². The Kier molecular flexibility index (Phi) is 3.30. The maximum Gasteiger partial charge on any atom is 0.182 e. The average molecular weight is 206 g/mol. The maximum atomic E-state index is 11.9. The van der Waals surface area contributed by atoms with Crippen LogP contribution in [-0.4, -0.2) is 17.0 Å². The second-order valence-corrected chi connectivity index (χ2v) is 4.45. The summed E-state index contributed by atoms with van der Waals surface area (Å²) < 4.78 is 0. The topological polar surface area (TPSA) is 37.3 Å². The van der Waals surface area contributed by atoms with Gasteiger partial charge in [-0.05, 0) is 25.5 Å². The van der Waals surface area contributed by atoms with Crippen LogP contribution < -0.4 is 0 Å². The van der Waals surface area contributed by atoms with Gasteiger partial charge in [-0.3, -0.25) is 4.79 Å². The molecule has 0 amide bonds. The summed E-state index contributed by atoms with van der Waals surface area (Å²) in [5, 5.41) is 9.84. The summed E-state index contributed by atoms with van der Waals surface area (Å²) in [6.45, 7) is 7.50. The van der Waals surface area contributed by atoms with Crippen molar-refractivity contribution in [3.8, 4) is 0 Å². The number of ketones is 1. The molecule has 0 aromatic rings. The lowest BCUT2D eigenvalue weighted by molar-refractivity contribution is -0.113. The molecule has 1 N–H and O–H groups in total. The Balaban J connectivity index is 3.22. The zero-order valence-electron chi connectivity index (χ0n) is 9.74. The van der Waals surface area contributed by atoms with Gasteiger partial charge in [-0.1, -0.05) is 32.1 Å². The minimum atomic E-state index is -0.592. The van der Waals surface area contributed by atoms with Gasteiger partial charge in [0.05, 0.1) is 6.10 Å². The molecule has 0 aromatic heterocycles. The summed E-state index contributed by atoms with van der Waals surface area (Å²) in [6.07, 6.45) is 6.23. The molecule has 1 aliphatic rings. The fourth-order valence-corrected chi connectivity index (χ4v) is 1.96. The zero-order chi connectivity index (χ0) is 11.6. The molecule has 0 radical (unpaired) electrons. The number of carbonyl (C=O) groups excluding carboxylic acids is 1. The number of aliphatic hydroxyl groups excluding tert-OH is 1. The van der Waals surface area contributed by atoms with E-state index in [0.29, 0.717) is 5.57 Å². The van der Waals surface area contributed by atoms with Crippen LogP contribution in [0.25, 0.3) is 0 Å². The Morgan fingerprint density at radius 2 is 2.13 bits per heavy atom. The second kappa shape index (κ2) is 4.15. The van der Waals surface area contributed by atoms with Crippen LogP contribution in [0.5, 0.6) is 0 Å². The van der Waals surface area contributed by atoms with Crippen LogP contribution in [0.4, 0.5) is 0 Å². The van der Waals surface area contributed by atoms with Crippen molar-refractivity contribution in [1.82, 2.24) is 0 Å². The van der Waals surface area contributed by atoms with Crippen molar-refractivity contribution in [2.24, 2.45) is 5.41 Å². The molecule has 0 saturated heterocycles. The Morgan fingerprint density at radius 1 is 1.53 bits per heavy atom. The van der Waals surface area contributed by atoms with Gasteiger partial charge >= 0.3 is 0 Å². The number of hydrogen-bond donors (Lipinski definition) is 1. The van der Waals surface area contributed by atoms with Gasteiger partial charge in [0.2, 0.25) is 0 Å². The highest BCUT2D eigenvalue weighted by atomic mass is 16.3. The number of carbonyl (C=O) groups is 1. The van der Waals surface area contributed by atoms with Gasteiger partial charge in [0.25, 0.3) is 0 Å². The predicted octanol–water partition coefficient (Wildman–Crippen LogP) is 2.41. The molecule has 15 heavy (non-hydrogen) atoms. The van der Waals surface area contributed by atoms with E-state index >= 15 is 0 Å². The molecule has 1 unspecified atom stereocenters. The van der Waals surface area contributed by atoms with E-state index in [-0.39, 0.29) is 5.78 Å². The summed E-state index contributed by atoms with van der Waals surface area (Å²) in [7, 11) is 0. The summed E-state index contributed by atoms with van der Waals surface area (Å²) in [6, 6.07) is 0. The third kappa shape index (κ3) is 2.10. The third-order valence-corrected chi connectivity index (χ3v) is 2.87. The molecule has 0 aliphatic heterocycles. The molecule has 0 spiro atoms. The summed E-state index contributed by atoms with van der Waals surface area (Å²) >= 11 is 0. The SMILES string of the molecule is C/C=C/C(=O)C1=C(C)C=CC(O)C1(C)C. The molecular formula is C13H18O2. The Bertz CT molecular complexity index is 357. The molecule has 0 aromatic carbocycles. The van der Waals surface area contributed by atoms with Crippen molar-refractivity contribution in [2.75, 3.05) is 0 Å². The van der Waals surface area contributed by atoms with Crippen LogP contribution in [0.2, 0.25) is 0 Å². The van der Waals surface area contributed by atoms with Gasteiger partial charge in [-0.25, -0.2) is 0 Å². The first kappa shape index (κ1) is 11.9. The minimum absolute atomic E-state index is 0.0107. The van der Waals surface area contributed by atoms with Gasteiger partial charge in [0.1, 0.15) is 0 Å². The first-order valence-electron chi connectivity index (χ1n) is 5.16. The number of allylic oxidation sites excluding steroid dienone is 4. The number of rotatable bonds is 2. The van der Waals surface area contributed by atoms with Crippen LogP contribution >= 0.6 is 0 Å². The van der Waals surface area contributed by atoms with Gasteiger partial charge in [0, 0.05) is 11.0 Å². The van der Waals surface area contributed by atoms with Crippen molar-refractivity contribution < 1.29 is 9.90 Å². The van der Waals surface area contributed by atoms with E-state index in [0.717, 1.165) is 5.57 Å². The molecule has 2 nitrogen and oxygen atoms in total. The van der Waals surface area contributed by atoms with Crippen molar-refractivity contribution in [3.63, 3.8) is 0 Å². The fraction of sp³-hybridized carbons (Fsp3) is 0.462. The van der Waals surface area contributed by atoms with E-state index in [1.807, 2.05) is 33.8 Å². The van der Waals surface area contributed by atoms with Crippen LogP contribution in [0.1, 0.15) is 27.7 Å². The molecule has 0 fully saturated rings. The summed E-state index contributed by atoms with van der Waals surface area (Å²) in [5.74, 6) is -0.0107. The number of hydrogen-bond acceptors (Lipinski definition) is 2. The fourth-order valence-electron chi connectivity index (χ4n) is 1.96. The first-order valence-corrected chi connectivity index (χ1v) is 5.16. The van der Waals surface area contributed by atoms with E-state index in [4.69, 9.17) is 0 Å². The van der Waals surface area contributed by atoms with Crippen LogP contribution in [-0.2, 0) is 4.79 Å². The molecule has 1 aliphatic carbocycles. The Labute approximate surface area is 91.0 Å². The predicted molar refractivity (Wildman–Crippen MR) is 61.4 cm³/mol. The second-order valence-electron chi connectivity index (χ2n) is 4.45. The van der Waals surface area contributed by atoms with Crippen molar-refractivity contribution >= 4 is 5.78 Å². The molecule has 0 heterocycles. The van der Waals surface area contributed by atoms with Gasteiger partial charge in [-0.2, -0.15) is 0 Å². The van der Waals surface area contributed by atoms with Gasteiger partial charge < -0.3 is 5.11 Å².